The van der Waals surface area contributed by atoms with Crippen LogP contribution in [0.4, 0.5) is 0 Å². The fourth-order valence-electron chi connectivity index (χ4n) is 2.00. The van der Waals surface area contributed by atoms with Crippen molar-refractivity contribution in [3.8, 4) is 0 Å². The summed E-state index contributed by atoms with van der Waals surface area (Å²) in [5.74, 6) is 1.22. The van der Waals surface area contributed by atoms with Crippen LogP contribution in [0, 0.1) is 11.8 Å². The summed E-state index contributed by atoms with van der Waals surface area (Å²) in [7, 11) is 0.243. The minimum atomic E-state index is -3.29. The molecular formula is C12H20N2O2S2. The second kappa shape index (κ2) is 5.28. The number of nitrogens with zero attached hydrogens (tertiary/aromatic N) is 1. The highest BCUT2D eigenvalue weighted by Crippen LogP contribution is 2.39. The highest BCUT2D eigenvalue weighted by molar-refractivity contribution is 7.91. The summed E-state index contributed by atoms with van der Waals surface area (Å²) in [5.41, 5.74) is 0. The first-order chi connectivity index (χ1) is 8.45. The lowest BCUT2D eigenvalue weighted by atomic mass is 10.3. The van der Waals surface area contributed by atoms with Crippen molar-refractivity contribution in [1.29, 1.82) is 0 Å². The molecule has 0 aliphatic heterocycles. The molecular weight excluding hydrogens is 268 g/mol. The second-order valence-corrected chi connectivity index (χ2v) is 8.45. The summed E-state index contributed by atoms with van der Waals surface area (Å²) >= 11 is 1.35. The van der Waals surface area contributed by atoms with E-state index in [4.69, 9.17) is 0 Å². The molecule has 6 heteroatoms. The summed E-state index contributed by atoms with van der Waals surface area (Å²) in [6.07, 6.45) is 1.15. The molecule has 1 saturated carbocycles. The Kier molecular flexibility index (Phi) is 4.11. The molecule has 2 rings (SSSR count). The summed E-state index contributed by atoms with van der Waals surface area (Å²) in [4.78, 5) is 1.05. The van der Waals surface area contributed by atoms with Crippen LogP contribution < -0.4 is 5.32 Å². The zero-order valence-electron chi connectivity index (χ0n) is 11.0. The monoisotopic (exact) mass is 288 g/mol. The van der Waals surface area contributed by atoms with Crippen molar-refractivity contribution in [2.45, 2.75) is 24.1 Å². The van der Waals surface area contributed by atoms with E-state index in [1.807, 2.05) is 13.1 Å². The molecule has 0 saturated heterocycles. The van der Waals surface area contributed by atoms with Crippen molar-refractivity contribution in [2.24, 2.45) is 11.8 Å². The summed E-state index contributed by atoms with van der Waals surface area (Å²) in [6, 6.07) is 3.58. The highest BCUT2D eigenvalue weighted by atomic mass is 32.2. The van der Waals surface area contributed by atoms with Gasteiger partial charge in [-0.15, -0.1) is 11.3 Å². The van der Waals surface area contributed by atoms with Gasteiger partial charge < -0.3 is 5.32 Å². The second-order valence-electron chi connectivity index (χ2n) is 5.01. The average molecular weight is 288 g/mol. The molecule has 18 heavy (non-hydrogen) atoms. The van der Waals surface area contributed by atoms with Gasteiger partial charge in [0.05, 0.1) is 0 Å². The van der Waals surface area contributed by atoms with E-state index >= 15 is 0 Å². The third kappa shape index (κ3) is 2.93. The van der Waals surface area contributed by atoms with Crippen LogP contribution in [0.15, 0.2) is 16.3 Å². The minimum Gasteiger partial charge on any atom is -0.315 e. The molecule has 0 amide bonds. The van der Waals surface area contributed by atoms with E-state index in [-0.39, 0.29) is 0 Å². The van der Waals surface area contributed by atoms with Crippen molar-refractivity contribution in [3.05, 3.63) is 17.0 Å². The Bertz CT molecular complexity index is 510. The summed E-state index contributed by atoms with van der Waals surface area (Å²) in [5, 5.41) is 3.03. The first-order valence-corrected chi connectivity index (χ1v) is 8.40. The van der Waals surface area contributed by atoms with Crippen LogP contribution in [-0.2, 0) is 16.6 Å². The van der Waals surface area contributed by atoms with Crippen molar-refractivity contribution < 1.29 is 8.42 Å². The average Bonchev–Trinajstić information content (AvgIpc) is 2.80. The van der Waals surface area contributed by atoms with E-state index in [1.54, 1.807) is 13.1 Å². The molecule has 102 valence electrons. The summed E-state index contributed by atoms with van der Waals surface area (Å²) in [6.45, 7) is 3.52. The van der Waals surface area contributed by atoms with Gasteiger partial charge in [-0.3, -0.25) is 0 Å². The highest BCUT2D eigenvalue weighted by Gasteiger charge is 2.36. The maximum Gasteiger partial charge on any atom is 0.252 e. The lowest BCUT2D eigenvalue weighted by Gasteiger charge is -2.15. The van der Waals surface area contributed by atoms with Crippen LogP contribution in [0.25, 0.3) is 0 Å². The number of hydrogen-bond donors (Lipinski definition) is 1. The number of rotatable bonds is 6. The number of hydrogen-bond acceptors (Lipinski definition) is 4. The molecule has 2 unspecified atom stereocenters. The van der Waals surface area contributed by atoms with Gasteiger partial charge in [0.2, 0.25) is 0 Å². The number of sulfonamides is 1. The molecule has 1 fully saturated rings. The van der Waals surface area contributed by atoms with Gasteiger partial charge in [-0.1, -0.05) is 6.92 Å². The largest absolute Gasteiger partial charge is 0.315 e. The third-order valence-corrected chi connectivity index (χ3v) is 6.80. The standard InChI is InChI=1S/C12H20N2O2S2/c1-9-6-10(9)8-14(3)18(15,16)12-5-4-11(17-12)7-13-2/h4-5,9-10,13H,6-8H2,1-3H3. The maximum atomic E-state index is 12.3. The smallest absolute Gasteiger partial charge is 0.252 e. The molecule has 0 radical (unpaired) electrons. The predicted octanol–water partition coefficient (Wildman–Crippen LogP) is 1.74. The van der Waals surface area contributed by atoms with Crippen LogP contribution in [0.2, 0.25) is 0 Å². The van der Waals surface area contributed by atoms with Crippen LogP contribution in [0.1, 0.15) is 18.2 Å². The predicted molar refractivity (Wildman–Crippen MR) is 74.2 cm³/mol. The van der Waals surface area contributed by atoms with E-state index in [1.165, 1.54) is 15.6 Å². The lowest BCUT2D eigenvalue weighted by molar-refractivity contribution is 0.446. The zero-order valence-corrected chi connectivity index (χ0v) is 12.6. The van der Waals surface area contributed by atoms with E-state index in [9.17, 15) is 8.42 Å². The number of thiophene rings is 1. The van der Waals surface area contributed by atoms with Crippen LogP contribution in [0.3, 0.4) is 0 Å². The minimum absolute atomic E-state index is 0.448. The van der Waals surface area contributed by atoms with Gasteiger partial charge >= 0.3 is 0 Å². The van der Waals surface area contributed by atoms with Gasteiger partial charge in [-0.05, 0) is 37.4 Å². The topological polar surface area (TPSA) is 49.4 Å². The zero-order chi connectivity index (χ0) is 13.3. The van der Waals surface area contributed by atoms with Gasteiger partial charge in [-0.25, -0.2) is 8.42 Å². The Morgan fingerprint density at radius 3 is 2.72 bits per heavy atom. The van der Waals surface area contributed by atoms with Gasteiger partial charge in [0.15, 0.2) is 0 Å². The third-order valence-electron chi connectivity index (χ3n) is 3.42. The van der Waals surface area contributed by atoms with Crippen LogP contribution in [0.5, 0.6) is 0 Å². The molecule has 4 nitrogen and oxygen atoms in total. The molecule has 2 atom stereocenters. The summed E-state index contributed by atoms with van der Waals surface area (Å²) < 4.78 is 26.6. The molecule has 0 aromatic carbocycles. The Morgan fingerprint density at radius 2 is 2.17 bits per heavy atom. The van der Waals surface area contributed by atoms with Crippen LogP contribution >= 0.6 is 11.3 Å². The van der Waals surface area contributed by atoms with E-state index < -0.39 is 10.0 Å². The van der Waals surface area contributed by atoms with Crippen molar-refractivity contribution >= 4 is 21.4 Å². The Labute approximate surface area is 113 Å². The molecule has 1 aromatic heterocycles. The van der Waals surface area contributed by atoms with Gasteiger partial charge in [-0.2, -0.15) is 4.31 Å². The van der Waals surface area contributed by atoms with Crippen molar-refractivity contribution in [1.82, 2.24) is 9.62 Å². The van der Waals surface area contributed by atoms with Crippen molar-refractivity contribution in [2.75, 3.05) is 20.6 Å². The molecule has 1 heterocycles. The van der Waals surface area contributed by atoms with Gasteiger partial charge in [0.25, 0.3) is 10.0 Å². The quantitative estimate of drug-likeness (QED) is 0.867. The first-order valence-electron chi connectivity index (χ1n) is 6.14. The lowest BCUT2D eigenvalue weighted by Crippen LogP contribution is -2.28. The SMILES string of the molecule is CNCc1ccc(S(=O)(=O)N(C)CC2CC2C)s1. The van der Waals surface area contributed by atoms with E-state index in [2.05, 4.69) is 12.2 Å². The normalized spacial score (nSPS) is 23.6. The Hall–Kier alpha value is -0.430. The molecule has 0 spiro atoms. The maximum absolute atomic E-state index is 12.3. The Morgan fingerprint density at radius 1 is 1.50 bits per heavy atom. The Balaban J connectivity index is 2.08. The molecule has 1 N–H and O–H groups in total. The first kappa shape index (κ1) is 14.0. The molecule has 1 aromatic rings. The van der Waals surface area contributed by atoms with E-state index in [0.717, 1.165) is 11.3 Å². The van der Waals surface area contributed by atoms with Crippen molar-refractivity contribution in [3.63, 3.8) is 0 Å². The molecule has 1 aliphatic rings. The number of nitrogens with one attached hydrogen (secondary N) is 1. The van der Waals surface area contributed by atoms with E-state index in [0.29, 0.717) is 29.1 Å². The van der Waals surface area contributed by atoms with Crippen LogP contribution in [-0.4, -0.2) is 33.4 Å². The molecule has 1 aliphatic carbocycles. The molecule has 0 bridgehead atoms. The van der Waals surface area contributed by atoms with Gasteiger partial charge in [0, 0.05) is 25.0 Å². The van der Waals surface area contributed by atoms with Gasteiger partial charge in [0.1, 0.15) is 4.21 Å². The fourth-order valence-corrected chi connectivity index (χ4v) is 4.81. The fraction of sp³-hybridized carbons (Fsp3) is 0.667.